The molecular formula is C18H19N3O2. The van der Waals surface area contributed by atoms with Gasteiger partial charge in [0.2, 0.25) is 5.91 Å². The van der Waals surface area contributed by atoms with Crippen LogP contribution in [0.2, 0.25) is 0 Å². The summed E-state index contributed by atoms with van der Waals surface area (Å²) >= 11 is 0. The van der Waals surface area contributed by atoms with Crippen LogP contribution in [0.25, 0.3) is 11.0 Å². The lowest BCUT2D eigenvalue weighted by molar-refractivity contribution is -0.116. The van der Waals surface area contributed by atoms with Crippen LogP contribution in [-0.4, -0.2) is 22.6 Å². The highest BCUT2D eigenvalue weighted by Gasteiger charge is 2.12. The zero-order valence-electron chi connectivity index (χ0n) is 13.2. The summed E-state index contributed by atoms with van der Waals surface area (Å²) < 4.78 is 7.08. The number of methoxy groups -OCH3 is 1. The summed E-state index contributed by atoms with van der Waals surface area (Å²) in [4.78, 5) is 16.9. The summed E-state index contributed by atoms with van der Waals surface area (Å²) in [5, 5.41) is 2.90. The SMILES string of the molecule is CCc1nc2ccccc2n1CC(=O)Nc1ccc(OC)cc1. The number of fused-ring (bicyclic) bond motifs is 1. The maximum atomic E-state index is 12.4. The minimum atomic E-state index is -0.0759. The van der Waals surface area contributed by atoms with Crippen molar-refractivity contribution >= 4 is 22.6 Å². The van der Waals surface area contributed by atoms with Crippen LogP contribution in [0.15, 0.2) is 48.5 Å². The maximum absolute atomic E-state index is 12.4. The number of aryl methyl sites for hydroxylation is 1. The molecule has 5 heteroatoms. The number of para-hydroxylation sites is 2. The zero-order valence-corrected chi connectivity index (χ0v) is 13.2. The van der Waals surface area contributed by atoms with Crippen LogP contribution in [0.1, 0.15) is 12.7 Å². The Balaban J connectivity index is 1.79. The standard InChI is InChI=1S/C18H19N3O2/c1-3-17-20-15-6-4-5-7-16(15)21(17)12-18(22)19-13-8-10-14(23-2)11-9-13/h4-11H,3,12H2,1-2H3,(H,19,22). The summed E-state index contributed by atoms with van der Waals surface area (Å²) in [6.07, 6.45) is 0.782. The van der Waals surface area contributed by atoms with Crippen LogP contribution in [0.5, 0.6) is 5.75 Å². The molecule has 1 amide bonds. The van der Waals surface area contributed by atoms with E-state index in [0.29, 0.717) is 0 Å². The van der Waals surface area contributed by atoms with Crippen molar-refractivity contribution in [3.05, 3.63) is 54.4 Å². The number of amides is 1. The van der Waals surface area contributed by atoms with Crippen LogP contribution >= 0.6 is 0 Å². The summed E-state index contributed by atoms with van der Waals surface area (Å²) in [7, 11) is 1.62. The third-order valence-corrected chi connectivity index (χ3v) is 3.73. The monoisotopic (exact) mass is 309 g/mol. The van der Waals surface area contributed by atoms with E-state index < -0.39 is 0 Å². The molecule has 1 aromatic heterocycles. The maximum Gasteiger partial charge on any atom is 0.244 e. The third kappa shape index (κ3) is 3.18. The van der Waals surface area contributed by atoms with Crippen molar-refractivity contribution in [3.63, 3.8) is 0 Å². The molecule has 0 aliphatic rings. The predicted octanol–water partition coefficient (Wildman–Crippen LogP) is 3.25. The van der Waals surface area contributed by atoms with E-state index in [0.717, 1.165) is 34.7 Å². The number of imidazole rings is 1. The molecule has 0 atom stereocenters. The molecule has 3 rings (SSSR count). The Morgan fingerprint density at radius 2 is 1.91 bits per heavy atom. The van der Waals surface area contributed by atoms with Crippen molar-refractivity contribution in [1.29, 1.82) is 0 Å². The second kappa shape index (κ2) is 6.52. The number of nitrogens with zero attached hydrogens (tertiary/aromatic N) is 2. The molecule has 1 N–H and O–H groups in total. The Morgan fingerprint density at radius 1 is 1.17 bits per heavy atom. The Kier molecular flexibility index (Phi) is 4.28. The minimum Gasteiger partial charge on any atom is -0.497 e. The number of anilines is 1. The molecule has 2 aromatic carbocycles. The molecule has 0 fully saturated rings. The topological polar surface area (TPSA) is 56.2 Å². The van der Waals surface area contributed by atoms with Crippen molar-refractivity contribution in [1.82, 2.24) is 9.55 Å². The van der Waals surface area contributed by atoms with Gasteiger partial charge in [0.05, 0.1) is 18.1 Å². The van der Waals surface area contributed by atoms with Gasteiger partial charge in [0, 0.05) is 12.1 Å². The average Bonchev–Trinajstić information content (AvgIpc) is 2.93. The Labute approximate surface area is 134 Å². The quantitative estimate of drug-likeness (QED) is 0.787. The van der Waals surface area contributed by atoms with Gasteiger partial charge < -0.3 is 14.6 Å². The van der Waals surface area contributed by atoms with E-state index >= 15 is 0 Å². The van der Waals surface area contributed by atoms with E-state index in [4.69, 9.17) is 4.74 Å². The van der Waals surface area contributed by atoms with E-state index in [2.05, 4.69) is 10.3 Å². The highest BCUT2D eigenvalue weighted by Crippen LogP contribution is 2.18. The van der Waals surface area contributed by atoms with Crippen molar-refractivity contribution in [3.8, 4) is 5.75 Å². The molecule has 118 valence electrons. The zero-order chi connectivity index (χ0) is 16.2. The fourth-order valence-electron chi connectivity index (χ4n) is 2.59. The van der Waals surface area contributed by atoms with Gasteiger partial charge in [0.25, 0.3) is 0 Å². The van der Waals surface area contributed by atoms with E-state index in [-0.39, 0.29) is 12.5 Å². The number of carbonyl (C=O) groups excluding carboxylic acids is 1. The lowest BCUT2D eigenvalue weighted by Gasteiger charge is -2.09. The van der Waals surface area contributed by atoms with Crippen LogP contribution in [0.3, 0.4) is 0 Å². The van der Waals surface area contributed by atoms with E-state index in [9.17, 15) is 4.79 Å². The third-order valence-electron chi connectivity index (χ3n) is 3.73. The molecule has 0 saturated carbocycles. The Morgan fingerprint density at radius 3 is 2.61 bits per heavy atom. The van der Waals surface area contributed by atoms with Crippen LogP contribution in [-0.2, 0) is 17.8 Å². The number of hydrogen-bond acceptors (Lipinski definition) is 3. The number of benzene rings is 2. The van der Waals surface area contributed by atoms with Crippen molar-refractivity contribution < 1.29 is 9.53 Å². The van der Waals surface area contributed by atoms with Gasteiger partial charge in [-0.3, -0.25) is 4.79 Å². The first-order valence-electron chi connectivity index (χ1n) is 7.59. The van der Waals surface area contributed by atoms with Crippen LogP contribution in [0, 0.1) is 0 Å². The largest absolute Gasteiger partial charge is 0.497 e. The summed E-state index contributed by atoms with van der Waals surface area (Å²) in [5.41, 5.74) is 2.65. The number of nitrogens with one attached hydrogen (secondary N) is 1. The molecule has 0 bridgehead atoms. The molecule has 23 heavy (non-hydrogen) atoms. The Hall–Kier alpha value is -2.82. The molecular weight excluding hydrogens is 290 g/mol. The lowest BCUT2D eigenvalue weighted by atomic mass is 10.3. The number of carbonyl (C=O) groups is 1. The van der Waals surface area contributed by atoms with Gasteiger partial charge in [0.15, 0.2) is 0 Å². The van der Waals surface area contributed by atoms with Gasteiger partial charge in [-0.25, -0.2) is 4.98 Å². The second-order valence-electron chi connectivity index (χ2n) is 5.23. The number of ether oxygens (including phenoxy) is 1. The minimum absolute atomic E-state index is 0.0759. The van der Waals surface area contributed by atoms with Gasteiger partial charge in [-0.05, 0) is 36.4 Å². The highest BCUT2D eigenvalue weighted by atomic mass is 16.5. The van der Waals surface area contributed by atoms with Gasteiger partial charge >= 0.3 is 0 Å². The normalized spacial score (nSPS) is 10.7. The number of rotatable bonds is 5. The van der Waals surface area contributed by atoms with Crippen LogP contribution in [0.4, 0.5) is 5.69 Å². The molecule has 5 nitrogen and oxygen atoms in total. The lowest BCUT2D eigenvalue weighted by Crippen LogP contribution is -2.20. The number of aromatic nitrogens is 2. The molecule has 0 radical (unpaired) electrons. The van der Waals surface area contributed by atoms with Crippen molar-refractivity contribution in [2.24, 2.45) is 0 Å². The summed E-state index contributed by atoms with van der Waals surface area (Å²) in [6, 6.07) is 15.2. The smallest absolute Gasteiger partial charge is 0.244 e. The van der Waals surface area contributed by atoms with Gasteiger partial charge in [-0.2, -0.15) is 0 Å². The Bertz CT molecular complexity index is 822. The molecule has 1 heterocycles. The van der Waals surface area contributed by atoms with E-state index in [1.54, 1.807) is 7.11 Å². The first kappa shape index (κ1) is 15.1. The fourth-order valence-corrected chi connectivity index (χ4v) is 2.59. The number of hydrogen-bond donors (Lipinski definition) is 1. The van der Waals surface area contributed by atoms with E-state index in [1.165, 1.54) is 0 Å². The van der Waals surface area contributed by atoms with E-state index in [1.807, 2.05) is 60.0 Å². The molecule has 0 aliphatic carbocycles. The second-order valence-corrected chi connectivity index (χ2v) is 5.23. The van der Waals surface area contributed by atoms with Crippen LogP contribution < -0.4 is 10.1 Å². The fraction of sp³-hybridized carbons (Fsp3) is 0.222. The first-order chi connectivity index (χ1) is 11.2. The molecule has 0 unspecified atom stereocenters. The van der Waals surface area contributed by atoms with Crippen molar-refractivity contribution in [2.45, 2.75) is 19.9 Å². The average molecular weight is 309 g/mol. The molecule has 0 aliphatic heterocycles. The molecule has 3 aromatic rings. The van der Waals surface area contributed by atoms with Gasteiger partial charge in [0.1, 0.15) is 18.1 Å². The highest BCUT2D eigenvalue weighted by molar-refractivity contribution is 5.91. The van der Waals surface area contributed by atoms with Gasteiger partial charge in [-0.1, -0.05) is 19.1 Å². The first-order valence-corrected chi connectivity index (χ1v) is 7.59. The summed E-state index contributed by atoms with van der Waals surface area (Å²) in [5.74, 6) is 1.60. The van der Waals surface area contributed by atoms with Gasteiger partial charge in [-0.15, -0.1) is 0 Å². The molecule has 0 saturated heterocycles. The van der Waals surface area contributed by atoms with Crippen molar-refractivity contribution in [2.75, 3.05) is 12.4 Å². The predicted molar refractivity (Wildman–Crippen MR) is 90.7 cm³/mol. The molecule has 0 spiro atoms. The summed E-state index contributed by atoms with van der Waals surface area (Å²) in [6.45, 7) is 2.29.